The van der Waals surface area contributed by atoms with Crippen molar-refractivity contribution in [1.29, 1.82) is 0 Å². The van der Waals surface area contributed by atoms with Crippen LogP contribution in [0.5, 0.6) is 0 Å². The number of primary amides is 1. The Morgan fingerprint density at radius 3 is 2.08 bits per heavy atom. The van der Waals surface area contributed by atoms with Gasteiger partial charge in [-0.1, -0.05) is 83.6 Å². The molecule has 1 aromatic carbocycles. The molecule has 0 radical (unpaired) electrons. The summed E-state index contributed by atoms with van der Waals surface area (Å²) in [5.41, 5.74) is 6.26. The number of nitrogens with two attached hydrogens (primary N) is 1. The van der Waals surface area contributed by atoms with Crippen LogP contribution in [-0.4, -0.2) is 83.6 Å². The Bertz CT molecular complexity index is 1650. The molecular weight excluding hydrogens is 695 g/mol. The second-order valence-corrected chi connectivity index (χ2v) is 20.9. The van der Waals surface area contributed by atoms with Crippen LogP contribution in [0.1, 0.15) is 117 Å². The highest BCUT2D eigenvalue weighted by Crippen LogP contribution is 2.40. The van der Waals surface area contributed by atoms with Crippen molar-refractivity contribution in [2.45, 2.75) is 147 Å². The zero-order valence-corrected chi connectivity index (χ0v) is 33.3. The Labute approximate surface area is 315 Å². The molecule has 1 heterocycles. The van der Waals surface area contributed by atoms with E-state index in [9.17, 15) is 27.6 Å². The van der Waals surface area contributed by atoms with Gasteiger partial charge in [0, 0.05) is 6.54 Å². The Hall–Kier alpha value is -3.48. The van der Waals surface area contributed by atoms with Gasteiger partial charge in [0.2, 0.25) is 17.6 Å². The molecule has 4 atom stereocenters. The highest BCUT2D eigenvalue weighted by atomic mass is 32.2. The van der Waals surface area contributed by atoms with Crippen LogP contribution in [0.25, 0.3) is 0 Å². The fourth-order valence-corrected chi connectivity index (χ4v) is 10.1. The minimum atomic E-state index is -3.59. The number of sulfone groups is 1. The Balaban J connectivity index is 1.44. The number of likely N-dealkylation sites (tertiary alicyclic amines) is 1. The van der Waals surface area contributed by atoms with E-state index in [0.717, 1.165) is 49.7 Å². The van der Waals surface area contributed by atoms with Gasteiger partial charge >= 0.3 is 6.03 Å². The number of nitrogens with zero attached hydrogens (tertiary/aromatic N) is 1. The van der Waals surface area contributed by atoms with Crippen molar-refractivity contribution in [2.24, 2.45) is 28.9 Å². The number of carbonyl (C=O) groups excluding carboxylic acids is 5. The first-order valence-electron chi connectivity index (χ1n) is 19.5. The van der Waals surface area contributed by atoms with Gasteiger partial charge in [0.1, 0.15) is 12.1 Å². The van der Waals surface area contributed by atoms with E-state index in [1.807, 2.05) is 45.0 Å². The largest absolute Gasteiger partial charge is 0.363 e. The third kappa shape index (κ3) is 9.25. The van der Waals surface area contributed by atoms with Crippen LogP contribution >= 0.6 is 0 Å². The van der Waals surface area contributed by atoms with E-state index < -0.39 is 67.8 Å². The van der Waals surface area contributed by atoms with Gasteiger partial charge in [0.25, 0.3) is 5.91 Å². The molecule has 3 fully saturated rings. The zero-order chi connectivity index (χ0) is 38.9. The summed E-state index contributed by atoms with van der Waals surface area (Å²) in [6.07, 6.45) is 8.05. The predicted octanol–water partition coefficient (Wildman–Crippen LogP) is 3.98. The van der Waals surface area contributed by atoms with Crippen molar-refractivity contribution in [1.82, 2.24) is 20.9 Å². The van der Waals surface area contributed by atoms with Crippen molar-refractivity contribution in [3.63, 3.8) is 0 Å². The van der Waals surface area contributed by atoms with Gasteiger partial charge < -0.3 is 26.6 Å². The first-order valence-corrected chi connectivity index (χ1v) is 21.2. The summed E-state index contributed by atoms with van der Waals surface area (Å²) >= 11 is 0. The second-order valence-electron chi connectivity index (χ2n) is 18.1. The second kappa shape index (κ2) is 15.7. The average Bonchev–Trinajstić information content (AvgIpc) is 3.48. The number of fused-ring (bicyclic) bond motifs is 1. The third-order valence-corrected chi connectivity index (χ3v) is 15.6. The SMILES string of the molecule is CC1CN(C(=O)[C@@H](NC(=O)NC2(CS(=O)(=O)C(C)(C)C)CCCCC2)C2Cc3ccccc3C2)[C@H](C(=O)NC(CC2CCC2)C(=O)C(N)=O)CC1(C)C. The molecule has 53 heavy (non-hydrogen) atoms. The minimum absolute atomic E-state index is 0.00288. The lowest BCUT2D eigenvalue weighted by Gasteiger charge is -2.48. The lowest BCUT2D eigenvalue weighted by Crippen LogP contribution is -2.65. The fraction of sp³-hybridized carbons (Fsp3) is 0.725. The summed E-state index contributed by atoms with van der Waals surface area (Å²) in [7, 11) is -3.59. The summed E-state index contributed by atoms with van der Waals surface area (Å²) < 4.78 is 26.0. The van der Waals surface area contributed by atoms with Gasteiger partial charge in [0.05, 0.1) is 22.1 Å². The molecule has 12 nitrogen and oxygen atoms in total. The number of nitrogens with one attached hydrogen (secondary N) is 3. The van der Waals surface area contributed by atoms with Crippen molar-refractivity contribution < 1.29 is 32.4 Å². The molecule has 13 heteroatoms. The maximum Gasteiger partial charge on any atom is 0.315 e. The highest BCUT2D eigenvalue weighted by Gasteiger charge is 2.49. The predicted molar refractivity (Wildman–Crippen MR) is 203 cm³/mol. The van der Waals surface area contributed by atoms with Crippen molar-refractivity contribution >= 4 is 39.4 Å². The molecule has 0 bridgehead atoms. The van der Waals surface area contributed by atoms with Gasteiger partial charge in [-0.3, -0.25) is 19.2 Å². The van der Waals surface area contributed by atoms with Crippen LogP contribution in [0.4, 0.5) is 4.79 Å². The summed E-state index contributed by atoms with van der Waals surface area (Å²) in [5, 5.41) is 8.90. The molecule has 1 aromatic rings. The molecule has 1 saturated heterocycles. The number of piperidine rings is 1. The lowest BCUT2D eigenvalue weighted by atomic mass is 9.71. The van der Waals surface area contributed by atoms with Crippen LogP contribution in [0.2, 0.25) is 0 Å². The van der Waals surface area contributed by atoms with E-state index in [0.29, 0.717) is 38.5 Å². The number of urea groups is 1. The van der Waals surface area contributed by atoms with E-state index in [1.165, 1.54) is 0 Å². The number of carbonyl (C=O) groups is 5. The molecular formula is C40H61N5O7S. The monoisotopic (exact) mass is 755 g/mol. The van der Waals surface area contributed by atoms with E-state index in [4.69, 9.17) is 5.73 Å². The van der Waals surface area contributed by atoms with Gasteiger partial charge in [-0.05, 0) is 93.6 Å². The van der Waals surface area contributed by atoms with Crippen molar-refractivity contribution in [2.75, 3.05) is 12.3 Å². The van der Waals surface area contributed by atoms with E-state index in [2.05, 4.69) is 16.0 Å². The molecule has 5 rings (SSSR count). The topological polar surface area (TPSA) is 185 Å². The maximum absolute atomic E-state index is 15.0. The fourth-order valence-electron chi connectivity index (χ4n) is 8.61. The van der Waals surface area contributed by atoms with E-state index >= 15 is 4.79 Å². The minimum Gasteiger partial charge on any atom is -0.363 e. The number of Topliss-reactive ketones (excluding diaryl/α,β-unsaturated/α-hetero) is 1. The van der Waals surface area contributed by atoms with Gasteiger partial charge in [-0.25, -0.2) is 13.2 Å². The Kier molecular flexibility index (Phi) is 12.1. The number of hydrogen-bond acceptors (Lipinski definition) is 7. The van der Waals surface area contributed by atoms with Gasteiger partial charge in [0.15, 0.2) is 9.84 Å². The first kappa shape index (κ1) is 40.7. The molecule has 294 valence electrons. The van der Waals surface area contributed by atoms with Gasteiger partial charge in [-0.2, -0.15) is 0 Å². The number of rotatable bonds is 12. The summed E-state index contributed by atoms with van der Waals surface area (Å²) in [4.78, 5) is 69.8. The normalized spacial score (nSPS) is 24.2. The van der Waals surface area contributed by atoms with Gasteiger partial charge in [-0.15, -0.1) is 0 Å². The maximum atomic E-state index is 15.0. The number of amides is 5. The average molecular weight is 756 g/mol. The van der Waals surface area contributed by atoms with Crippen LogP contribution in [0, 0.1) is 23.2 Å². The first-order chi connectivity index (χ1) is 24.7. The van der Waals surface area contributed by atoms with Crippen molar-refractivity contribution in [3.05, 3.63) is 35.4 Å². The highest BCUT2D eigenvalue weighted by molar-refractivity contribution is 7.92. The summed E-state index contributed by atoms with van der Waals surface area (Å²) in [6.45, 7) is 11.4. The number of ketones is 1. The standard InChI is InChI=1S/C40H61N5O7S/c1-25-23-45(31(22-39(25,5)6)35(48)42-30(33(46)34(41)47)19-26-13-12-14-26)36(49)32(29-20-27-15-8-9-16-28(27)21-29)43-37(50)44-40(17-10-7-11-18-40)24-53(51,52)38(2,3)4/h8-9,15-16,25-26,29-32H,7,10-14,17-24H2,1-6H3,(H2,41,47)(H,42,48)(H2,43,44,50)/t25?,30?,31-,32-/m0/s1. The quantitative estimate of drug-likeness (QED) is 0.233. The molecule has 3 aliphatic carbocycles. The van der Waals surface area contributed by atoms with Crippen LogP contribution < -0.4 is 21.7 Å². The van der Waals surface area contributed by atoms with E-state index in [-0.39, 0.29) is 35.5 Å². The molecule has 2 saturated carbocycles. The number of hydrogen-bond donors (Lipinski definition) is 4. The van der Waals surface area contributed by atoms with Crippen LogP contribution in [0.15, 0.2) is 24.3 Å². The third-order valence-electron chi connectivity index (χ3n) is 12.9. The summed E-state index contributed by atoms with van der Waals surface area (Å²) in [6, 6.07) is 4.26. The van der Waals surface area contributed by atoms with Crippen LogP contribution in [-0.2, 0) is 41.9 Å². The van der Waals surface area contributed by atoms with E-state index in [1.54, 1.807) is 25.7 Å². The number of benzene rings is 1. The molecule has 4 aliphatic rings. The molecule has 0 aromatic heterocycles. The molecule has 0 spiro atoms. The molecule has 5 N–H and O–H groups in total. The summed E-state index contributed by atoms with van der Waals surface area (Å²) in [5.74, 6) is -3.21. The zero-order valence-electron chi connectivity index (χ0n) is 32.5. The molecule has 1 aliphatic heterocycles. The molecule has 2 unspecified atom stereocenters. The Morgan fingerprint density at radius 2 is 1.55 bits per heavy atom. The molecule has 5 amide bonds. The smallest absolute Gasteiger partial charge is 0.315 e. The lowest BCUT2D eigenvalue weighted by molar-refractivity contribution is -0.150. The van der Waals surface area contributed by atoms with Crippen LogP contribution in [0.3, 0.4) is 0 Å². The van der Waals surface area contributed by atoms with Crippen molar-refractivity contribution in [3.8, 4) is 0 Å². The Morgan fingerprint density at radius 1 is 0.943 bits per heavy atom.